The Balaban J connectivity index is 2.13. The van der Waals surface area contributed by atoms with Crippen LogP contribution >= 0.6 is 0 Å². The van der Waals surface area contributed by atoms with E-state index in [1.807, 2.05) is 0 Å². The Kier molecular flexibility index (Phi) is 2.67. The van der Waals surface area contributed by atoms with Crippen molar-refractivity contribution in [3.63, 3.8) is 0 Å². The number of rotatable bonds is 3. The molecule has 5 nitrogen and oxygen atoms in total. The van der Waals surface area contributed by atoms with E-state index in [9.17, 15) is 4.79 Å². The summed E-state index contributed by atoms with van der Waals surface area (Å²) >= 11 is 0. The third kappa shape index (κ3) is 2.73. The molecule has 0 bridgehead atoms. The molecular formula is C6H12N2O3. The van der Waals surface area contributed by atoms with E-state index in [4.69, 9.17) is 9.84 Å². The van der Waals surface area contributed by atoms with Gasteiger partial charge in [-0.05, 0) is 6.92 Å². The molecule has 1 fully saturated rings. The molecule has 0 spiro atoms. The number of carbonyl (C=O) groups excluding carboxylic acids is 1. The molecule has 0 aromatic heterocycles. The fourth-order valence-electron chi connectivity index (χ4n) is 0.848. The van der Waals surface area contributed by atoms with E-state index in [0.717, 1.165) is 0 Å². The summed E-state index contributed by atoms with van der Waals surface area (Å²) in [7, 11) is 0. The summed E-state index contributed by atoms with van der Waals surface area (Å²) < 4.78 is 4.79. The van der Waals surface area contributed by atoms with E-state index < -0.39 is 6.23 Å². The Hall–Kier alpha value is -0.810. The summed E-state index contributed by atoms with van der Waals surface area (Å²) in [6.45, 7) is 2.61. The van der Waals surface area contributed by atoms with Crippen LogP contribution in [0.15, 0.2) is 0 Å². The Labute approximate surface area is 64.7 Å². The van der Waals surface area contributed by atoms with Crippen molar-refractivity contribution in [2.45, 2.75) is 19.3 Å². The summed E-state index contributed by atoms with van der Waals surface area (Å²) in [5, 5.41) is 14.1. The highest BCUT2D eigenvalue weighted by Gasteiger charge is 2.21. The van der Waals surface area contributed by atoms with Crippen molar-refractivity contribution in [2.24, 2.45) is 0 Å². The highest BCUT2D eigenvalue weighted by Crippen LogP contribution is 1.97. The Bertz CT molecular complexity index is 149. The highest BCUT2D eigenvalue weighted by molar-refractivity contribution is 5.69. The van der Waals surface area contributed by atoms with E-state index in [0.29, 0.717) is 13.1 Å². The second-order valence-corrected chi connectivity index (χ2v) is 2.49. The molecule has 5 heteroatoms. The Morgan fingerprint density at radius 2 is 2.73 bits per heavy atom. The van der Waals surface area contributed by atoms with Crippen molar-refractivity contribution < 1.29 is 14.6 Å². The molecule has 0 aromatic carbocycles. The van der Waals surface area contributed by atoms with Gasteiger partial charge in [0.25, 0.3) is 0 Å². The van der Waals surface area contributed by atoms with E-state index in [2.05, 4.69) is 10.6 Å². The van der Waals surface area contributed by atoms with Crippen LogP contribution < -0.4 is 10.6 Å². The first-order valence-electron chi connectivity index (χ1n) is 3.54. The van der Waals surface area contributed by atoms with Crippen LogP contribution in [0.25, 0.3) is 0 Å². The molecule has 11 heavy (non-hydrogen) atoms. The lowest BCUT2D eigenvalue weighted by molar-refractivity contribution is 0.110. The fourth-order valence-corrected chi connectivity index (χ4v) is 0.848. The van der Waals surface area contributed by atoms with Gasteiger partial charge in [0, 0.05) is 6.54 Å². The normalized spacial score (nSPS) is 26.0. The minimum absolute atomic E-state index is 0.155. The molecule has 1 aliphatic rings. The quantitative estimate of drug-likeness (QED) is 0.464. The maximum atomic E-state index is 10.5. The van der Waals surface area contributed by atoms with Crippen LogP contribution in [0.4, 0.5) is 4.79 Å². The van der Waals surface area contributed by atoms with Gasteiger partial charge < -0.3 is 15.2 Å². The molecule has 1 aliphatic heterocycles. The first kappa shape index (κ1) is 8.29. The maximum absolute atomic E-state index is 10.5. The van der Waals surface area contributed by atoms with Gasteiger partial charge in [-0.2, -0.15) is 0 Å². The zero-order chi connectivity index (χ0) is 8.27. The molecule has 3 N–H and O–H groups in total. The second-order valence-electron chi connectivity index (χ2n) is 2.49. The molecule has 64 valence electrons. The van der Waals surface area contributed by atoms with Crippen molar-refractivity contribution >= 4 is 6.09 Å². The van der Waals surface area contributed by atoms with Crippen molar-refractivity contribution in [2.75, 3.05) is 13.1 Å². The third-order valence-corrected chi connectivity index (χ3v) is 1.39. The third-order valence-electron chi connectivity index (χ3n) is 1.39. The number of hydrogen-bond acceptors (Lipinski definition) is 4. The van der Waals surface area contributed by atoms with E-state index >= 15 is 0 Å². The lowest BCUT2D eigenvalue weighted by atomic mass is 10.3. The largest absolute Gasteiger partial charge is 0.443 e. The first-order valence-corrected chi connectivity index (χ1v) is 3.54. The van der Waals surface area contributed by atoms with Gasteiger partial charge in [-0.25, -0.2) is 4.79 Å². The molecule has 1 saturated heterocycles. The van der Waals surface area contributed by atoms with Gasteiger partial charge in [-0.15, -0.1) is 0 Å². The van der Waals surface area contributed by atoms with Crippen molar-refractivity contribution in [3.8, 4) is 0 Å². The predicted molar refractivity (Wildman–Crippen MR) is 38.0 cm³/mol. The number of aliphatic hydroxyl groups is 1. The monoisotopic (exact) mass is 160 g/mol. The van der Waals surface area contributed by atoms with Crippen LogP contribution in [-0.4, -0.2) is 36.6 Å². The van der Waals surface area contributed by atoms with Crippen LogP contribution in [0.2, 0.25) is 0 Å². The number of carbonyl (C=O) groups is 1. The van der Waals surface area contributed by atoms with Gasteiger partial charge >= 0.3 is 6.09 Å². The average molecular weight is 160 g/mol. The minimum atomic E-state index is -0.561. The van der Waals surface area contributed by atoms with Crippen LogP contribution in [-0.2, 0) is 4.74 Å². The summed E-state index contributed by atoms with van der Waals surface area (Å²) in [6, 6.07) is 0. The molecule has 0 saturated carbocycles. The zero-order valence-corrected chi connectivity index (χ0v) is 6.33. The number of aliphatic hydroxyl groups excluding tert-OH is 1. The molecular weight excluding hydrogens is 148 g/mol. The number of ether oxygens (including phenoxy) is 1. The Morgan fingerprint density at radius 1 is 2.00 bits per heavy atom. The molecule has 1 rings (SSSR count). The van der Waals surface area contributed by atoms with Gasteiger partial charge in [-0.3, -0.25) is 5.32 Å². The smallest absolute Gasteiger partial charge is 0.407 e. The van der Waals surface area contributed by atoms with Crippen LogP contribution in [0.1, 0.15) is 6.92 Å². The van der Waals surface area contributed by atoms with Gasteiger partial charge in [0.2, 0.25) is 0 Å². The lowest BCUT2D eigenvalue weighted by Gasteiger charge is -2.10. The topological polar surface area (TPSA) is 70.6 Å². The standard InChI is InChI=1S/C6H12N2O3/c1-4(9)7-2-5-3-8-6(10)11-5/h4-5,7,9H,2-3H2,1H3,(H,8,10)/t4?,5-/m0/s1. The summed E-state index contributed by atoms with van der Waals surface area (Å²) in [4.78, 5) is 10.5. The lowest BCUT2D eigenvalue weighted by Crippen LogP contribution is -2.35. The van der Waals surface area contributed by atoms with Crippen LogP contribution in [0.3, 0.4) is 0 Å². The predicted octanol–water partition coefficient (Wildman–Crippen LogP) is -0.977. The molecule has 0 radical (unpaired) electrons. The summed E-state index contributed by atoms with van der Waals surface area (Å²) in [5.74, 6) is 0. The molecule has 0 aromatic rings. The van der Waals surface area contributed by atoms with Gasteiger partial charge in [-0.1, -0.05) is 0 Å². The summed E-state index contributed by atoms with van der Waals surface area (Å²) in [6.07, 6.45) is -1.10. The Morgan fingerprint density at radius 3 is 3.18 bits per heavy atom. The zero-order valence-electron chi connectivity index (χ0n) is 6.33. The molecule has 1 heterocycles. The van der Waals surface area contributed by atoms with Gasteiger partial charge in [0.05, 0.1) is 6.54 Å². The molecule has 1 amide bonds. The average Bonchev–Trinajstić information content (AvgIpc) is 2.31. The first-order chi connectivity index (χ1) is 5.18. The number of amides is 1. The van der Waals surface area contributed by atoms with E-state index in [1.165, 1.54) is 0 Å². The van der Waals surface area contributed by atoms with Gasteiger partial charge in [0.1, 0.15) is 12.3 Å². The highest BCUT2D eigenvalue weighted by atomic mass is 16.6. The van der Waals surface area contributed by atoms with Crippen molar-refractivity contribution in [3.05, 3.63) is 0 Å². The maximum Gasteiger partial charge on any atom is 0.407 e. The molecule has 2 atom stereocenters. The number of cyclic esters (lactones) is 1. The fraction of sp³-hybridized carbons (Fsp3) is 0.833. The summed E-state index contributed by atoms with van der Waals surface area (Å²) in [5.41, 5.74) is 0. The van der Waals surface area contributed by atoms with E-state index in [1.54, 1.807) is 6.92 Å². The van der Waals surface area contributed by atoms with Gasteiger partial charge in [0.15, 0.2) is 0 Å². The number of alkyl carbamates (subject to hydrolysis) is 1. The van der Waals surface area contributed by atoms with Crippen molar-refractivity contribution in [1.29, 1.82) is 0 Å². The molecule has 0 aliphatic carbocycles. The van der Waals surface area contributed by atoms with Crippen LogP contribution in [0.5, 0.6) is 0 Å². The van der Waals surface area contributed by atoms with E-state index in [-0.39, 0.29) is 12.2 Å². The minimum Gasteiger partial charge on any atom is -0.443 e. The number of nitrogens with one attached hydrogen (secondary N) is 2. The molecule has 1 unspecified atom stereocenters. The number of hydrogen-bond donors (Lipinski definition) is 3. The second kappa shape index (κ2) is 3.54. The SMILES string of the molecule is CC(O)NC[C@H]1CNC(=O)O1. The van der Waals surface area contributed by atoms with Crippen LogP contribution in [0, 0.1) is 0 Å². The van der Waals surface area contributed by atoms with Crippen molar-refractivity contribution in [1.82, 2.24) is 10.6 Å².